The lowest BCUT2D eigenvalue weighted by molar-refractivity contribution is 0.459. The monoisotopic (exact) mass is 295 g/mol. The van der Waals surface area contributed by atoms with Gasteiger partial charge >= 0.3 is 0 Å². The fraction of sp³-hybridized carbons (Fsp3) is 0.750. The molecule has 0 spiro atoms. The Bertz CT molecular complexity index is 459. The van der Waals surface area contributed by atoms with Gasteiger partial charge in [0.15, 0.2) is 0 Å². The standard InChI is InChI=1S/C16H26ClN3/c1-5-13-7-6-9-20(10-8-13)16-12(4)14(17)18-15(19-16)11(2)3/h11,13H,5-10H2,1-4H3. The van der Waals surface area contributed by atoms with E-state index in [1.165, 1.54) is 25.7 Å². The first-order chi connectivity index (χ1) is 9.52. The van der Waals surface area contributed by atoms with Gasteiger partial charge in [-0.1, -0.05) is 38.8 Å². The molecule has 20 heavy (non-hydrogen) atoms. The molecule has 1 atom stereocenters. The maximum absolute atomic E-state index is 6.30. The zero-order valence-corrected chi connectivity index (χ0v) is 13.9. The van der Waals surface area contributed by atoms with Crippen LogP contribution in [0.15, 0.2) is 0 Å². The van der Waals surface area contributed by atoms with E-state index in [4.69, 9.17) is 16.6 Å². The minimum atomic E-state index is 0.308. The highest BCUT2D eigenvalue weighted by Crippen LogP contribution is 2.29. The minimum absolute atomic E-state index is 0.308. The van der Waals surface area contributed by atoms with Crippen LogP contribution < -0.4 is 4.90 Å². The van der Waals surface area contributed by atoms with Crippen LogP contribution in [-0.4, -0.2) is 23.1 Å². The van der Waals surface area contributed by atoms with Gasteiger partial charge in [-0.05, 0) is 32.1 Å². The Labute approximate surface area is 127 Å². The summed E-state index contributed by atoms with van der Waals surface area (Å²) in [4.78, 5) is 11.6. The average Bonchev–Trinajstić information content (AvgIpc) is 2.66. The van der Waals surface area contributed by atoms with Crippen LogP contribution in [0.4, 0.5) is 5.82 Å². The second-order valence-electron chi connectivity index (χ2n) is 6.17. The molecule has 2 heterocycles. The number of hydrogen-bond donors (Lipinski definition) is 0. The average molecular weight is 296 g/mol. The highest BCUT2D eigenvalue weighted by atomic mass is 35.5. The number of nitrogens with zero attached hydrogens (tertiary/aromatic N) is 3. The van der Waals surface area contributed by atoms with Gasteiger partial charge in [-0.25, -0.2) is 9.97 Å². The summed E-state index contributed by atoms with van der Waals surface area (Å²) in [6.07, 6.45) is 5.13. The van der Waals surface area contributed by atoms with Gasteiger partial charge in [0.2, 0.25) is 0 Å². The molecule has 0 saturated carbocycles. The Morgan fingerprint density at radius 3 is 2.65 bits per heavy atom. The van der Waals surface area contributed by atoms with Crippen molar-refractivity contribution in [1.29, 1.82) is 0 Å². The van der Waals surface area contributed by atoms with Gasteiger partial charge in [0.1, 0.15) is 16.8 Å². The minimum Gasteiger partial charge on any atom is -0.356 e. The van der Waals surface area contributed by atoms with Crippen molar-refractivity contribution >= 4 is 17.4 Å². The lowest BCUT2D eigenvalue weighted by atomic mass is 9.98. The SMILES string of the molecule is CCC1CCCN(c2nc(C(C)C)nc(Cl)c2C)CC1. The molecule has 1 unspecified atom stereocenters. The van der Waals surface area contributed by atoms with Crippen molar-refractivity contribution in [1.82, 2.24) is 9.97 Å². The molecule has 1 aromatic rings. The summed E-state index contributed by atoms with van der Waals surface area (Å²) in [6, 6.07) is 0. The molecule has 1 aliphatic rings. The molecule has 0 N–H and O–H groups in total. The maximum Gasteiger partial charge on any atom is 0.137 e. The van der Waals surface area contributed by atoms with E-state index in [0.717, 1.165) is 36.2 Å². The molecular weight excluding hydrogens is 270 g/mol. The van der Waals surface area contributed by atoms with Crippen LogP contribution >= 0.6 is 11.6 Å². The second kappa shape index (κ2) is 6.75. The number of halogens is 1. The summed E-state index contributed by atoms with van der Waals surface area (Å²) >= 11 is 6.30. The van der Waals surface area contributed by atoms with Gasteiger partial charge in [0.05, 0.1) is 0 Å². The van der Waals surface area contributed by atoms with Crippen molar-refractivity contribution < 1.29 is 0 Å². The molecule has 2 rings (SSSR count). The van der Waals surface area contributed by atoms with E-state index < -0.39 is 0 Å². The number of aromatic nitrogens is 2. The smallest absolute Gasteiger partial charge is 0.137 e. The van der Waals surface area contributed by atoms with E-state index >= 15 is 0 Å². The van der Waals surface area contributed by atoms with Gasteiger partial charge in [0, 0.05) is 24.6 Å². The van der Waals surface area contributed by atoms with Crippen LogP contribution in [0.1, 0.15) is 63.8 Å². The van der Waals surface area contributed by atoms with Crippen LogP contribution in [0.3, 0.4) is 0 Å². The normalized spacial score (nSPS) is 20.3. The summed E-state index contributed by atoms with van der Waals surface area (Å²) in [5.74, 6) is 3.07. The van der Waals surface area contributed by atoms with E-state index in [1.54, 1.807) is 0 Å². The summed E-state index contributed by atoms with van der Waals surface area (Å²) in [6.45, 7) is 10.7. The predicted octanol–water partition coefficient (Wildman–Crippen LogP) is 4.58. The van der Waals surface area contributed by atoms with E-state index in [9.17, 15) is 0 Å². The molecule has 0 aliphatic carbocycles. The topological polar surface area (TPSA) is 29.0 Å². The molecule has 1 aliphatic heterocycles. The summed E-state index contributed by atoms with van der Waals surface area (Å²) in [7, 11) is 0. The molecule has 0 amide bonds. The molecule has 112 valence electrons. The first kappa shape index (κ1) is 15.6. The molecule has 1 fully saturated rings. The number of rotatable bonds is 3. The first-order valence-corrected chi connectivity index (χ1v) is 8.19. The van der Waals surface area contributed by atoms with Crippen LogP contribution in [0, 0.1) is 12.8 Å². The molecule has 0 radical (unpaired) electrons. The molecular formula is C16H26ClN3. The van der Waals surface area contributed by atoms with Gasteiger partial charge in [-0.2, -0.15) is 0 Å². The van der Waals surface area contributed by atoms with Crippen molar-refractivity contribution in [3.63, 3.8) is 0 Å². The van der Waals surface area contributed by atoms with Crippen molar-refractivity contribution in [2.24, 2.45) is 5.92 Å². The van der Waals surface area contributed by atoms with Gasteiger partial charge in [0.25, 0.3) is 0 Å². The van der Waals surface area contributed by atoms with Crippen LogP contribution in [0.25, 0.3) is 0 Å². The van der Waals surface area contributed by atoms with E-state index in [0.29, 0.717) is 11.1 Å². The summed E-state index contributed by atoms with van der Waals surface area (Å²) < 4.78 is 0. The number of anilines is 1. The van der Waals surface area contributed by atoms with Crippen LogP contribution in [0.5, 0.6) is 0 Å². The van der Waals surface area contributed by atoms with Crippen molar-refractivity contribution in [2.75, 3.05) is 18.0 Å². The van der Waals surface area contributed by atoms with Crippen molar-refractivity contribution in [3.05, 3.63) is 16.5 Å². The Morgan fingerprint density at radius 2 is 2.00 bits per heavy atom. The molecule has 1 aromatic heterocycles. The Morgan fingerprint density at radius 1 is 1.25 bits per heavy atom. The van der Waals surface area contributed by atoms with Crippen molar-refractivity contribution in [2.45, 2.75) is 59.3 Å². The lowest BCUT2D eigenvalue weighted by Gasteiger charge is -2.24. The molecule has 0 aromatic carbocycles. The summed E-state index contributed by atoms with van der Waals surface area (Å²) in [5, 5.41) is 0.606. The fourth-order valence-corrected chi connectivity index (χ4v) is 3.02. The highest BCUT2D eigenvalue weighted by molar-refractivity contribution is 6.30. The third-order valence-corrected chi connectivity index (χ3v) is 4.69. The summed E-state index contributed by atoms with van der Waals surface area (Å²) in [5.41, 5.74) is 1.02. The Hall–Kier alpha value is -0.830. The number of hydrogen-bond acceptors (Lipinski definition) is 3. The third-order valence-electron chi connectivity index (χ3n) is 4.32. The predicted molar refractivity (Wildman–Crippen MR) is 85.7 cm³/mol. The molecule has 3 nitrogen and oxygen atoms in total. The molecule has 4 heteroatoms. The molecule has 0 bridgehead atoms. The largest absolute Gasteiger partial charge is 0.356 e. The fourth-order valence-electron chi connectivity index (χ4n) is 2.85. The van der Waals surface area contributed by atoms with Gasteiger partial charge < -0.3 is 4.90 Å². The quantitative estimate of drug-likeness (QED) is 0.764. The zero-order valence-electron chi connectivity index (χ0n) is 13.1. The van der Waals surface area contributed by atoms with Gasteiger partial charge in [-0.15, -0.1) is 0 Å². The lowest BCUT2D eigenvalue weighted by Crippen LogP contribution is -2.27. The second-order valence-corrected chi connectivity index (χ2v) is 6.53. The Kier molecular flexibility index (Phi) is 5.25. The maximum atomic E-state index is 6.30. The van der Waals surface area contributed by atoms with Crippen molar-refractivity contribution in [3.8, 4) is 0 Å². The third kappa shape index (κ3) is 3.43. The Balaban J connectivity index is 2.27. The van der Waals surface area contributed by atoms with Crippen LogP contribution in [-0.2, 0) is 0 Å². The van der Waals surface area contributed by atoms with Gasteiger partial charge in [-0.3, -0.25) is 0 Å². The highest BCUT2D eigenvalue weighted by Gasteiger charge is 2.21. The molecule has 1 saturated heterocycles. The zero-order chi connectivity index (χ0) is 14.7. The van der Waals surface area contributed by atoms with E-state index in [2.05, 4.69) is 30.7 Å². The van der Waals surface area contributed by atoms with Crippen LogP contribution in [0.2, 0.25) is 5.15 Å². The van der Waals surface area contributed by atoms with E-state index in [1.807, 2.05) is 6.92 Å². The first-order valence-electron chi connectivity index (χ1n) is 7.81. The van der Waals surface area contributed by atoms with E-state index in [-0.39, 0.29) is 0 Å².